The average Bonchev–Trinajstić information content (AvgIpc) is 2.87. The van der Waals surface area contributed by atoms with E-state index in [9.17, 15) is 24.5 Å². The van der Waals surface area contributed by atoms with Gasteiger partial charge in [-0.3, -0.25) is 15.1 Å². The molecule has 1 aromatic heterocycles. The van der Waals surface area contributed by atoms with E-state index in [0.29, 0.717) is 17.0 Å². The van der Waals surface area contributed by atoms with Crippen molar-refractivity contribution in [1.29, 1.82) is 0 Å². The van der Waals surface area contributed by atoms with Gasteiger partial charge in [-0.25, -0.2) is 14.4 Å². The molecule has 0 aliphatic carbocycles. The van der Waals surface area contributed by atoms with Crippen molar-refractivity contribution in [2.75, 3.05) is 20.3 Å². The Labute approximate surface area is 206 Å². The van der Waals surface area contributed by atoms with Gasteiger partial charge in [-0.1, -0.05) is 18.2 Å². The van der Waals surface area contributed by atoms with Gasteiger partial charge in [0.1, 0.15) is 0 Å². The minimum absolute atomic E-state index is 0.00268. The van der Waals surface area contributed by atoms with E-state index in [1.165, 1.54) is 37.7 Å². The molecule has 1 aliphatic rings. The second-order valence-corrected chi connectivity index (χ2v) is 7.81. The van der Waals surface area contributed by atoms with Crippen LogP contribution in [0.25, 0.3) is 0 Å². The van der Waals surface area contributed by atoms with Crippen LogP contribution in [0.3, 0.4) is 0 Å². The molecule has 0 saturated carbocycles. The number of nitrogens with one attached hydrogen (secondary N) is 1. The standard InChI is InChI=1S/C25H25N3O8/c1-15-20(24(30)34-3)22(18-9-4-5-10-19(18)28(32)33)21(16(2)27-15)25(31)36-13-7-12-35-23(29)17-8-6-11-26-14-17/h4-6,8-11,14,22,27H,7,12-13H2,1-3H3. The number of allylic oxidation sites excluding steroid dienone is 2. The van der Waals surface area contributed by atoms with E-state index >= 15 is 0 Å². The van der Waals surface area contributed by atoms with Crippen LogP contribution in [-0.2, 0) is 23.8 Å². The lowest BCUT2D eigenvalue weighted by atomic mass is 9.79. The third-order valence-corrected chi connectivity index (χ3v) is 5.48. The van der Waals surface area contributed by atoms with Gasteiger partial charge in [0.15, 0.2) is 0 Å². The Balaban J connectivity index is 1.79. The molecule has 2 heterocycles. The number of methoxy groups -OCH3 is 1. The maximum Gasteiger partial charge on any atom is 0.339 e. The Morgan fingerprint density at radius 3 is 2.22 bits per heavy atom. The lowest BCUT2D eigenvalue weighted by Crippen LogP contribution is -2.32. The highest BCUT2D eigenvalue weighted by atomic mass is 16.6. The fourth-order valence-electron chi connectivity index (χ4n) is 3.89. The number of rotatable bonds is 9. The molecule has 1 aliphatic heterocycles. The quantitative estimate of drug-likeness (QED) is 0.181. The monoisotopic (exact) mass is 495 g/mol. The number of hydrogen-bond donors (Lipinski definition) is 1. The van der Waals surface area contributed by atoms with Crippen LogP contribution >= 0.6 is 0 Å². The number of carbonyl (C=O) groups is 3. The molecule has 0 spiro atoms. The molecule has 1 atom stereocenters. The molecule has 1 N–H and O–H groups in total. The third kappa shape index (κ3) is 5.74. The fraction of sp³-hybridized carbons (Fsp3) is 0.280. The third-order valence-electron chi connectivity index (χ3n) is 5.48. The number of para-hydroxylation sites is 1. The van der Waals surface area contributed by atoms with E-state index in [2.05, 4.69) is 10.3 Å². The summed E-state index contributed by atoms with van der Waals surface area (Å²) in [7, 11) is 1.19. The van der Waals surface area contributed by atoms with E-state index < -0.39 is 28.7 Å². The lowest BCUT2D eigenvalue weighted by Gasteiger charge is -2.30. The number of nitro benzene ring substituents is 1. The predicted molar refractivity (Wildman–Crippen MR) is 126 cm³/mol. The van der Waals surface area contributed by atoms with Gasteiger partial charge in [-0.2, -0.15) is 0 Å². The number of esters is 3. The van der Waals surface area contributed by atoms with Crippen LogP contribution in [-0.4, -0.2) is 48.1 Å². The molecule has 3 rings (SSSR count). The zero-order valence-corrected chi connectivity index (χ0v) is 20.0. The smallest absolute Gasteiger partial charge is 0.339 e. The Kier molecular flexibility index (Phi) is 8.50. The molecular formula is C25H25N3O8. The number of ether oxygens (including phenoxy) is 3. The average molecular weight is 495 g/mol. The second kappa shape index (κ2) is 11.7. The predicted octanol–water partition coefficient (Wildman–Crippen LogP) is 3.19. The first-order chi connectivity index (χ1) is 17.3. The molecule has 188 valence electrons. The van der Waals surface area contributed by atoms with E-state index in [0.717, 1.165) is 0 Å². The SMILES string of the molecule is COC(=O)C1=C(C)NC(C)=C(C(=O)OCCCOC(=O)c2cccnc2)C1c1ccccc1[N+](=O)[O-]. The number of carbonyl (C=O) groups excluding carboxylic acids is 3. The van der Waals surface area contributed by atoms with Crippen molar-refractivity contribution in [2.24, 2.45) is 0 Å². The van der Waals surface area contributed by atoms with E-state index in [1.54, 1.807) is 32.0 Å². The summed E-state index contributed by atoms with van der Waals surface area (Å²) in [6.45, 7) is 3.15. The number of nitro groups is 1. The topological polar surface area (TPSA) is 147 Å². The van der Waals surface area contributed by atoms with Crippen LogP contribution in [0.1, 0.15) is 42.1 Å². The van der Waals surface area contributed by atoms with Gasteiger partial charge >= 0.3 is 17.9 Å². The van der Waals surface area contributed by atoms with Gasteiger partial charge in [0.2, 0.25) is 0 Å². The molecule has 36 heavy (non-hydrogen) atoms. The minimum Gasteiger partial charge on any atom is -0.466 e. The summed E-state index contributed by atoms with van der Waals surface area (Å²) in [6, 6.07) is 9.05. The molecule has 0 amide bonds. The number of nitrogens with zero attached hydrogens (tertiary/aromatic N) is 2. The fourth-order valence-corrected chi connectivity index (χ4v) is 3.89. The molecule has 0 bridgehead atoms. The number of hydrogen-bond acceptors (Lipinski definition) is 10. The van der Waals surface area contributed by atoms with Gasteiger partial charge in [-0.05, 0) is 26.0 Å². The highest BCUT2D eigenvalue weighted by Gasteiger charge is 2.40. The van der Waals surface area contributed by atoms with Crippen LogP contribution in [0.4, 0.5) is 5.69 Å². The number of pyridine rings is 1. The molecule has 0 radical (unpaired) electrons. The molecule has 11 heteroatoms. The normalized spacial score (nSPS) is 15.1. The van der Waals surface area contributed by atoms with E-state index in [4.69, 9.17) is 14.2 Å². The van der Waals surface area contributed by atoms with Crippen LogP contribution in [0.15, 0.2) is 71.3 Å². The molecule has 1 aromatic carbocycles. The summed E-state index contributed by atoms with van der Waals surface area (Å²) in [5.74, 6) is -3.14. The highest BCUT2D eigenvalue weighted by Crippen LogP contribution is 2.42. The van der Waals surface area contributed by atoms with Crippen molar-refractivity contribution in [1.82, 2.24) is 10.3 Å². The van der Waals surface area contributed by atoms with Crippen molar-refractivity contribution >= 4 is 23.6 Å². The summed E-state index contributed by atoms with van der Waals surface area (Å²) in [6.07, 6.45) is 3.13. The summed E-state index contributed by atoms with van der Waals surface area (Å²) in [5.41, 5.74) is 1.10. The van der Waals surface area contributed by atoms with Gasteiger partial charge in [0.05, 0.1) is 47.9 Å². The van der Waals surface area contributed by atoms with Crippen molar-refractivity contribution in [3.8, 4) is 0 Å². The zero-order chi connectivity index (χ0) is 26.2. The molecule has 11 nitrogen and oxygen atoms in total. The van der Waals surface area contributed by atoms with Crippen molar-refractivity contribution in [2.45, 2.75) is 26.2 Å². The maximum atomic E-state index is 13.2. The van der Waals surface area contributed by atoms with Gasteiger partial charge < -0.3 is 19.5 Å². The number of aromatic nitrogens is 1. The molecule has 0 saturated heterocycles. The van der Waals surface area contributed by atoms with Crippen LogP contribution in [0.2, 0.25) is 0 Å². The summed E-state index contributed by atoms with van der Waals surface area (Å²) in [5, 5.41) is 14.7. The van der Waals surface area contributed by atoms with Gasteiger partial charge in [0, 0.05) is 41.8 Å². The molecule has 0 fully saturated rings. The summed E-state index contributed by atoms with van der Waals surface area (Å²) in [4.78, 5) is 52.9. The van der Waals surface area contributed by atoms with E-state index in [1.807, 2.05) is 0 Å². The molecular weight excluding hydrogens is 470 g/mol. The van der Waals surface area contributed by atoms with Crippen molar-refractivity contribution < 1.29 is 33.5 Å². The summed E-state index contributed by atoms with van der Waals surface area (Å²) < 4.78 is 15.5. The Morgan fingerprint density at radius 2 is 1.61 bits per heavy atom. The maximum absolute atomic E-state index is 13.2. The number of benzene rings is 1. The first-order valence-corrected chi connectivity index (χ1v) is 11.0. The molecule has 2 aromatic rings. The van der Waals surface area contributed by atoms with Crippen molar-refractivity contribution in [3.63, 3.8) is 0 Å². The van der Waals surface area contributed by atoms with Crippen molar-refractivity contribution in [3.05, 3.63) is 92.6 Å². The van der Waals surface area contributed by atoms with Crippen LogP contribution in [0, 0.1) is 10.1 Å². The summed E-state index contributed by atoms with van der Waals surface area (Å²) >= 11 is 0. The Morgan fingerprint density at radius 1 is 0.972 bits per heavy atom. The second-order valence-electron chi connectivity index (χ2n) is 7.81. The van der Waals surface area contributed by atoms with E-state index in [-0.39, 0.29) is 42.0 Å². The first-order valence-electron chi connectivity index (χ1n) is 11.0. The van der Waals surface area contributed by atoms with Gasteiger partial charge in [-0.15, -0.1) is 0 Å². The Bertz CT molecular complexity index is 1240. The van der Waals surface area contributed by atoms with Gasteiger partial charge in [0.25, 0.3) is 5.69 Å². The Hall–Kier alpha value is -4.54. The minimum atomic E-state index is -1.09. The highest BCUT2D eigenvalue weighted by molar-refractivity contribution is 6.00. The molecule has 1 unspecified atom stereocenters. The van der Waals surface area contributed by atoms with Crippen LogP contribution < -0.4 is 5.32 Å². The lowest BCUT2D eigenvalue weighted by molar-refractivity contribution is -0.385. The zero-order valence-electron chi connectivity index (χ0n) is 20.0. The first kappa shape index (κ1) is 26.1. The number of dihydropyridines is 1. The largest absolute Gasteiger partial charge is 0.466 e. The van der Waals surface area contributed by atoms with Crippen LogP contribution in [0.5, 0.6) is 0 Å².